The third kappa shape index (κ3) is 2.36. The Morgan fingerprint density at radius 1 is 0.417 bits per heavy atom. The van der Waals surface area contributed by atoms with E-state index in [1.165, 1.54) is 0 Å². The molecule has 0 unspecified atom stereocenters. The summed E-state index contributed by atoms with van der Waals surface area (Å²) in [6.07, 6.45) is 0. The first kappa shape index (κ1) is 18.0. The first-order chi connectivity index (χ1) is 11.0. The van der Waals surface area contributed by atoms with E-state index in [0.29, 0.717) is 4.90 Å². The van der Waals surface area contributed by atoms with Gasteiger partial charge < -0.3 is 4.90 Å². The molecular formula is C14H6F9N. The van der Waals surface area contributed by atoms with Crippen molar-refractivity contribution in [3.8, 4) is 11.1 Å². The van der Waals surface area contributed by atoms with E-state index in [2.05, 4.69) is 0 Å². The van der Waals surface area contributed by atoms with Crippen LogP contribution in [-0.2, 0) is 0 Å². The maximum atomic E-state index is 14.0. The van der Waals surface area contributed by atoms with Gasteiger partial charge in [0.2, 0.25) is 5.82 Å². The quantitative estimate of drug-likeness (QED) is 0.428. The molecule has 0 atom stereocenters. The van der Waals surface area contributed by atoms with Gasteiger partial charge in [-0.25, -0.2) is 39.5 Å². The average molecular weight is 359 g/mol. The lowest BCUT2D eigenvalue weighted by Crippen LogP contribution is -2.17. The van der Waals surface area contributed by atoms with Gasteiger partial charge in [-0.3, -0.25) is 0 Å². The number of halogens is 9. The van der Waals surface area contributed by atoms with E-state index in [-0.39, 0.29) is 0 Å². The van der Waals surface area contributed by atoms with E-state index in [1.54, 1.807) is 0 Å². The first-order valence-electron chi connectivity index (χ1n) is 6.07. The summed E-state index contributed by atoms with van der Waals surface area (Å²) in [7, 11) is 1.93. The number of nitrogens with zero attached hydrogens (tertiary/aromatic N) is 1. The molecule has 0 aromatic heterocycles. The Bertz CT molecular complexity index is 816. The highest BCUT2D eigenvalue weighted by Gasteiger charge is 2.34. The van der Waals surface area contributed by atoms with Crippen molar-refractivity contribution in [2.45, 2.75) is 0 Å². The second-order valence-electron chi connectivity index (χ2n) is 4.82. The summed E-state index contributed by atoms with van der Waals surface area (Å²) in [6.45, 7) is 0. The Hall–Kier alpha value is -2.39. The Balaban J connectivity index is 3.10. The van der Waals surface area contributed by atoms with Crippen LogP contribution in [0.3, 0.4) is 0 Å². The summed E-state index contributed by atoms with van der Waals surface area (Å²) in [5, 5.41) is 0. The van der Waals surface area contributed by atoms with Gasteiger partial charge in [-0.1, -0.05) is 0 Å². The molecule has 2 rings (SSSR count). The van der Waals surface area contributed by atoms with Gasteiger partial charge in [0.05, 0.1) is 16.8 Å². The van der Waals surface area contributed by atoms with Crippen molar-refractivity contribution in [1.82, 2.24) is 0 Å². The molecule has 0 heterocycles. The Labute approximate surface area is 128 Å². The van der Waals surface area contributed by atoms with Crippen molar-refractivity contribution < 1.29 is 39.5 Å². The predicted molar refractivity (Wildman–Crippen MR) is 65.8 cm³/mol. The van der Waals surface area contributed by atoms with Gasteiger partial charge in [0, 0.05) is 14.1 Å². The predicted octanol–water partition coefficient (Wildman–Crippen LogP) is 4.67. The molecule has 2 aromatic rings. The zero-order valence-electron chi connectivity index (χ0n) is 11.8. The zero-order valence-corrected chi connectivity index (χ0v) is 11.8. The Kier molecular flexibility index (Phi) is 4.42. The van der Waals surface area contributed by atoms with E-state index < -0.39 is 69.2 Å². The number of hydrogen-bond donors (Lipinski definition) is 0. The molecule has 0 N–H and O–H groups in total. The van der Waals surface area contributed by atoms with Crippen molar-refractivity contribution >= 4 is 5.69 Å². The van der Waals surface area contributed by atoms with E-state index >= 15 is 0 Å². The molecule has 0 aliphatic carbocycles. The number of hydrogen-bond acceptors (Lipinski definition) is 1. The summed E-state index contributed by atoms with van der Waals surface area (Å²) in [5.41, 5.74) is -4.77. The molecule has 1 nitrogen and oxygen atoms in total. The van der Waals surface area contributed by atoms with Crippen molar-refractivity contribution in [1.29, 1.82) is 0 Å². The van der Waals surface area contributed by atoms with Crippen LogP contribution in [0.2, 0.25) is 0 Å². The van der Waals surface area contributed by atoms with Crippen molar-refractivity contribution in [3.63, 3.8) is 0 Å². The molecule has 0 aliphatic heterocycles. The third-order valence-electron chi connectivity index (χ3n) is 3.15. The molecule has 0 fully saturated rings. The SMILES string of the molecule is CN(C)c1c(F)c(F)c(F)c(F)c1-c1c(F)c(F)c(F)c(F)c1F. The standard InChI is InChI=1S/C14H6F9N/c1-24(2)14-4(7(17)10(20)12(22)13(14)23)3-5(15)8(18)11(21)9(19)6(3)16/h1-2H3. The number of rotatable bonds is 2. The van der Waals surface area contributed by atoms with Crippen molar-refractivity contribution in [2.75, 3.05) is 19.0 Å². The van der Waals surface area contributed by atoms with Crippen LogP contribution >= 0.6 is 0 Å². The third-order valence-corrected chi connectivity index (χ3v) is 3.15. The minimum Gasteiger partial charge on any atom is -0.375 e. The molecule has 0 bridgehead atoms. The molecule has 0 saturated carbocycles. The van der Waals surface area contributed by atoms with Crippen molar-refractivity contribution in [2.24, 2.45) is 0 Å². The summed E-state index contributed by atoms with van der Waals surface area (Å²) in [6, 6.07) is 0. The van der Waals surface area contributed by atoms with Gasteiger partial charge >= 0.3 is 0 Å². The molecule has 0 amide bonds. The first-order valence-corrected chi connectivity index (χ1v) is 6.07. The van der Waals surface area contributed by atoms with Crippen molar-refractivity contribution in [3.05, 3.63) is 52.4 Å². The van der Waals surface area contributed by atoms with E-state index in [0.717, 1.165) is 14.1 Å². The molecular weight excluding hydrogens is 353 g/mol. The fourth-order valence-corrected chi connectivity index (χ4v) is 2.09. The zero-order chi connectivity index (χ0) is 18.5. The monoisotopic (exact) mass is 359 g/mol. The maximum absolute atomic E-state index is 14.0. The van der Waals surface area contributed by atoms with Crippen LogP contribution in [0.1, 0.15) is 0 Å². The fraction of sp³-hybridized carbons (Fsp3) is 0.143. The minimum atomic E-state index is -2.54. The van der Waals surface area contributed by atoms with Crippen LogP contribution in [0.25, 0.3) is 11.1 Å². The highest BCUT2D eigenvalue weighted by Crippen LogP contribution is 2.41. The summed E-state index contributed by atoms with van der Waals surface area (Å²) >= 11 is 0. The smallest absolute Gasteiger partial charge is 0.200 e. The summed E-state index contributed by atoms with van der Waals surface area (Å²) < 4.78 is 122. The Morgan fingerprint density at radius 3 is 1.08 bits per heavy atom. The van der Waals surface area contributed by atoms with Gasteiger partial charge in [-0.05, 0) is 0 Å². The second-order valence-corrected chi connectivity index (χ2v) is 4.82. The summed E-state index contributed by atoms with van der Waals surface area (Å²) in [4.78, 5) is 0.592. The number of benzene rings is 2. The van der Waals surface area contributed by atoms with Crippen LogP contribution in [0.4, 0.5) is 45.2 Å². The van der Waals surface area contributed by atoms with Gasteiger partial charge in [-0.15, -0.1) is 0 Å². The topological polar surface area (TPSA) is 3.24 Å². The molecule has 24 heavy (non-hydrogen) atoms. The lowest BCUT2D eigenvalue weighted by Gasteiger charge is -2.21. The van der Waals surface area contributed by atoms with Crippen LogP contribution < -0.4 is 4.90 Å². The van der Waals surface area contributed by atoms with E-state index in [4.69, 9.17) is 0 Å². The van der Waals surface area contributed by atoms with Gasteiger partial charge in [0.1, 0.15) is 0 Å². The highest BCUT2D eigenvalue weighted by molar-refractivity contribution is 5.80. The van der Waals surface area contributed by atoms with E-state index in [9.17, 15) is 39.5 Å². The molecule has 2 aromatic carbocycles. The van der Waals surface area contributed by atoms with Gasteiger partial charge in [0.25, 0.3) is 0 Å². The number of anilines is 1. The molecule has 0 saturated heterocycles. The second kappa shape index (κ2) is 5.91. The largest absolute Gasteiger partial charge is 0.375 e. The van der Waals surface area contributed by atoms with Gasteiger partial charge in [-0.2, -0.15) is 0 Å². The van der Waals surface area contributed by atoms with Crippen LogP contribution in [0.5, 0.6) is 0 Å². The molecule has 0 aliphatic rings. The highest BCUT2D eigenvalue weighted by atomic mass is 19.2. The molecule has 0 radical (unpaired) electrons. The fourth-order valence-electron chi connectivity index (χ4n) is 2.09. The Morgan fingerprint density at radius 2 is 0.708 bits per heavy atom. The maximum Gasteiger partial charge on any atom is 0.200 e. The van der Waals surface area contributed by atoms with Gasteiger partial charge in [0.15, 0.2) is 46.5 Å². The lowest BCUT2D eigenvalue weighted by atomic mass is 9.99. The molecule has 0 spiro atoms. The average Bonchev–Trinajstić information content (AvgIpc) is 2.53. The molecule has 10 heteroatoms. The molecule has 130 valence electrons. The van der Waals surface area contributed by atoms with Crippen LogP contribution in [0.15, 0.2) is 0 Å². The minimum absolute atomic E-state index is 0.592. The van der Waals surface area contributed by atoms with Crippen LogP contribution in [0, 0.1) is 52.4 Å². The summed E-state index contributed by atoms with van der Waals surface area (Å²) in [5.74, 6) is -21.6. The lowest BCUT2D eigenvalue weighted by molar-refractivity contribution is 0.379. The normalized spacial score (nSPS) is 11.1. The van der Waals surface area contributed by atoms with E-state index in [1.807, 2.05) is 0 Å². The van der Waals surface area contributed by atoms with Crippen LogP contribution in [-0.4, -0.2) is 14.1 Å².